The fourth-order valence-electron chi connectivity index (χ4n) is 2.04. The van der Waals surface area contributed by atoms with Gasteiger partial charge in [-0.1, -0.05) is 6.92 Å². The van der Waals surface area contributed by atoms with Gasteiger partial charge in [0.1, 0.15) is 0 Å². The minimum Gasteiger partial charge on any atom is -0.395 e. The van der Waals surface area contributed by atoms with Crippen molar-refractivity contribution in [2.24, 2.45) is 0 Å². The summed E-state index contributed by atoms with van der Waals surface area (Å²) in [6.07, 6.45) is 0.201. The monoisotopic (exact) mass is 232 g/mol. The topological polar surface area (TPSA) is 56.2 Å². The Morgan fingerprint density at radius 1 is 1.31 bits per heavy atom. The zero-order valence-corrected chi connectivity index (χ0v) is 10.1. The molecule has 1 fully saturated rings. The summed E-state index contributed by atoms with van der Waals surface area (Å²) in [5.74, 6) is 0. The third-order valence-electron chi connectivity index (χ3n) is 2.96. The second-order valence-corrected chi connectivity index (χ2v) is 4.13. The smallest absolute Gasteiger partial charge is 0.0829 e. The molecule has 1 unspecified atom stereocenters. The van der Waals surface area contributed by atoms with Gasteiger partial charge >= 0.3 is 0 Å². The SMILES string of the molecule is CCN1CCOC(CN(CCO)CCO)C1. The maximum atomic E-state index is 8.92. The van der Waals surface area contributed by atoms with E-state index < -0.39 is 0 Å². The van der Waals surface area contributed by atoms with Crippen LogP contribution >= 0.6 is 0 Å². The lowest BCUT2D eigenvalue weighted by Crippen LogP contribution is -2.48. The molecular weight excluding hydrogens is 208 g/mol. The van der Waals surface area contributed by atoms with E-state index in [9.17, 15) is 0 Å². The van der Waals surface area contributed by atoms with Gasteiger partial charge in [0.05, 0.1) is 25.9 Å². The summed E-state index contributed by atoms with van der Waals surface area (Å²) in [7, 11) is 0. The highest BCUT2D eigenvalue weighted by molar-refractivity contribution is 4.74. The first-order valence-electron chi connectivity index (χ1n) is 6.08. The van der Waals surface area contributed by atoms with Crippen molar-refractivity contribution in [1.82, 2.24) is 9.80 Å². The Morgan fingerprint density at radius 2 is 2.00 bits per heavy atom. The Kier molecular flexibility index (Phi) is 6.91. The van der Waals surface area contributed by atoms with E-state index >= 15 is 0 Å². The van der Waals surface area contributed by atoms with Crippen molar-refractivity contribution in [3.63, 3.8) is 0 Å². The molecule has 0 bridgehead atoms. The van der Waals surface area contributed by atoms with Crippen molar-refractivity contribution < 1.29 is 14.9 Å². The lowest BCUT2D eigenvalue weighted by atomic mass is 10.2. The van der Waals surface area contributed by atoms with Crippen molar-refractivity contribution >= 4 is 0 Å². The Hall–Kier alpha value is -0.200. The minimum absolute atomic E-state index is 0.129. The molecule has 0 amide bonds. The molecule has 0 aliphatic carbocycles. The second-order valence-electron chi connectivity index (χ2n) is 4.13. The maximum absolute atomic E-state index is 8.92. The van der Waals surface area contributed by atoms with Gasteiger partial charge in [-0.25, -0.2) is 0 Å². The predicted octanol–water partition coefficient (Wildman–Crippen LogP) is -1.01. The standard InChI is InChI=1S/C11H24N2O3/c1-2-12-5-8-16-11(9-12)10-13(3-6-14)4-7-15/h11,14-15H,2-10H2,1H3. The average molecular weight is 232 g/mol. The highest BCUT2D eigenvalue weighted by Crippen LogP contribution is 2.06. The van der Waals surface area contributed by atoms with Gasteiger partial charge in [0, 0.05) is 32.7 Å². The highest BCUT2D eigenvalue weighted by atomic mass is 16.5. The van der Waals surface area contributed by atoms with Crippen LogP contribution in [0.15, 0.2) is 0 Å². The zero-order chi connectivity index (χ0) is 11.8. The molecule has 1 atom stereocenters. The van der Waals surface area contributed by atoms with E-state index in [-0.39, 0.29) is 19.3 Å². The Morgan fingerprint density at radius 3 is 2.56 bits per heavy atom. The number of aliphatic hydroxyl groups excluding tert-OH is 2. The maximum Gasteiger partial charge on any atom is 0.0829 e. The summed E-state index contributed by atoms with van der Waals surface area (Å²) in [5.41, 5.74) is 0. The van der Waals surface area contributed by atoms with Crippen LogP contribution in [0.5, 0.6) is 0 Å². The van der Waals surface area contributed by atoms with Crippen molar-refractivity contribution in [2.75, 3.05) is 59.1 Å². The number of rotatable bonds is 7. The second kappa shape index (κ2) is 7.97. The predicted molar refractivity (Wildman–Crippen MR) is 62.5 cm³/mol. The molecular formula is C11H24N2O3. The third kappa shape index (κ3) is 4.76. The molecule has 5 heteroatoms. The van der Waals surface area contributed by atoms with Crippen molar-refractivity contribution in [3.8, 4) is 0 Å². The summed E-state index contributed by atoms with van der Waals surface area (Å²) in [6, 6.07) is 0. The molecule has 5 nitrogen and oxygen atoms in total. The van der Waals surface area contributed by atoms with Gasteiger partial charge in [-0.15, -0.1) is 0 Å². The molecule has 16 heavy (non-hydrogen) atoms. The van der Waals surface area contributed by atoms with Crippen LogP contribution in [0.3, 0.4) is 0 Å². The number of hydrogen-bond donors (Lipinski definition) is 2. The Labute approximate surface area is 97.6 Å². The van der Waals surface area contributed by atoms with E-state index in [1.807, 2.05) is 4.90 Å². The van der Waals surface area contributed by atoms with Crippen molar-refractivity contribution in [2.45, 2.75) is 13.0 Å². The van der Waals surface area contributed by atoms with Gasteiger partial charge in [0.15, 0.2) is 0 Å². The van der Waals surface area contributed by atoms with Crippen LogP contribution in [0.2, 0.25) is 0 Å². The summed E-state index contributed by atoms with van der Waals surface area (Å²) in [6.45, 7) is 8.20. The molecule has 0 spiro atoms. The Bertz CT molecular complexity index is 175. The van der Waals surface area contributed by atoms with Crippen LogP contribution in [0.1, 0.15) is 6.92 Å². The van der Waals surface area contributed by atoms with Crippen molar-refractivity contribution in [1.29, 1.82) is 0 Å². The zero-order valence-electron chi connectivity index (χ0n) is 10.1. The molecule has 0 saturated carbocycles. The van der Waals surface area contributed by atoms with Gasteiger partial charge in [-0.05, 0) is 6.54 Å². The van der Waals surface area contributed by atoms with E-state index in [1.165, 1.54) is 0 Å². The van der Waals surface area contributed by atoms with E-state index in [4.69, 9.17) is 14.9 Å². The van der Waals surface area contributed by atoms with Gasteiger partial charge in [0.2, 0.25) is 0 Å². The van der Waals surface area contributed by atoms with E-state index in [2.05, 4.69) is 11.8 Å². The Balaban J connectivity index is 2.31. The number of likely N-dealkylation sites (N-methyl/N-ethyl adjacent to an activating group) is 1. The number of hydrogen-bond acceptors (Lipinski definition) is 5. The first kappa shape index (κ1) is 13.9. The molecule has 1 heterocycles. The van der Waals surface area contributed by atoms with Gasteiger partial charge in [0.25, 0.3) is 0 Å². The summed E-state index contributed by atoms with van der Waals surface area (Å²) >= 11 is 0. The quantitative estimate of drug-likeness (QED) is 0.589. The number of nitrogens with zero attached hydrogens (tertiary/aromatic N) is 2. The van der Waals surface area contributed by atoms with E-state index in [0.717, 1.165) is 32.8 Å². The van der Waals surface area contributed by atoms with Crippen LogP contribution < -0.4 is 0 Å². The lowest BCUT2D eigenvalue weighted by molar-refractivity contribution is -0.0444. The number of ether oxygens (including phenoxy) is 1. The summed E-state index contributed by atoms with van der Waals surface area (Å²) in [5, 5.41) is 17.8. The van der Waals surface area contributed by atoms with E-state index in [1.54, 1.807) is 0 Å². The molecule has 1 rings (SSSR count). The lowest BCUT2D eigenvalue weighted by Gasteiger charge is -2.34. The molecule has 0 aromatic carbocycles. The van der Waals surface area contributed by atoms with Crippen LogP contribution in [0, 0.1) is 0 Å². The average Bonchev–Trinajstić information content (AvgIpc) is 2.30. The largest absolute Gasteiger partial charge is 0.395 e. The fourth-order valence-corrected chi connectivity index (χ4v) is 2.04. The molecule has 1 aliphatic rings. The highest BCUT2D eigenvalue weighted by Gasteiger charge is 2.21. The normalized spacial score (nSPS) is 22.9. The number of aliphatic hydroxyl groups is 2. The molecule has 0 aromatic heterocycles. The van der Waals surface area contributed by atoms with Crippen LogP contribution in [0.25, 0.3) is 0 Å². The number of morpholine rings is 1. The molecule has 0 radical (unpaired) electrons. The minimum atomic E-state index is 0.129. The first-order valence-corrected chi connectivity index (χ1v) is 6.08. The van der Waals surface area contributed by atoms with Gasteiger partial charge < -0.3 is 14.9 Å². The molecule has 0 aromatic rings. The summed E-state index contributed by atoms with van der Waals surface area (Å²) < 4.78 is 5.69. The van der Waals surface area contributed by atoms with Crippen LogP contribution in [-0.4, -0.2) is 85.2 Å². The molecule has 1 aliphatic heterocycles. The van der Waals surface area contributed by atoms with Crippen molar-refractivity contribution in [3.05, 3.63) is 0 Å². The van der Waals surface area contributed by atoms with E-state index in [0.29, 0.717) is 13.1 Å². The van der Waals surface area contributed by atoms with Crippen LogP contribution in [0.4, 0.5) is 0 Å². The first-order chi connectivity index (χ1) is 7.80. The third-order valence-corrected chi connectivity index (χ3v) is 2.96. The summed E-state index contributed by atoms with van der Waals surface area (Å²) in [4.78, 5) is 4.41. The van der Waals surface area contributed by atoms with Gasteiger partial charge in [-0.2, -0.15) is 0 Å². The van der Waals surface area contributed by atoms with Gasteiger partial charge in [-0.3, -0.25) is 9.80 Å². The fraction of sp³-hybridized carbons (Fsp3) is 1.00. The molecule has 2 N–H and O–H groups in total. The molecule has 96 valence electrons. The molecule has 1 saturated heterocycles. The van der Waals surface area contributed by atoms with Crippen LogP contribution in [-0.2, 0) is 4.74 Å².